The number of carbonyl (C=O) groups excluding carboxylic acids is 1. The number of amides is 1. The molecule has 2 N–H and O–H groups in total. The Labute approximate surface area is 143 Å². The van der Waals surface area contributed by atoms with Crippen LogP contribution in [0.2, 0.25) is 0 Å². The van der Waals surface area contributed by atoms with E-state index >= 15 is 0 Å². The third-order valence-electron chi connectivity index (χ3n) is 4.29. The smallest absolute Gasteiger partial charge is 0.286 e. The lowest BCUT2D eigenvalue weighted by Gasteiger charge is -2.23. The van der Waals surface area contributed by atoms with E-state index in [1.165, 1.54) is 35.6 Å². The molecule has 1 aromatic carbocycles. The molecule has 2 aromatic rings. The summed E-state index contributed by atoms with van der Waals surface area (Å²) < 4.78 is 12.9. The molecule has 3 rings (SSSR count). The summed E-state index contributed by atoms with van der Waals surface area (Å²) in [6.45, 7) is 3.74. The van der Waals surface area contributed by atoms with Crippen LogP contribution >= 0.6 is 11.3 Å². The predicted octanol–water partition coefficient (Wildman–Crippen LogP) is 2.13. The van der Waals surface area contributed by atoms with Crippen LogP contribution in [0.5, 0.6) is 0 Å². The Kier molecular flexibility index (Phi) is 5.17. The second kappa shape index (κ2) is 7.33. The molecular formula is C16H19FN4O2S. The zero-order valence-electron chi connectivity index (χ0n) is 13.3. The molecule has 0 spiro atoms. The maximum absolute atomic E-state index is 12.9. The molecule has 8 heteroatoms. The van der Waals surface area contributed by atoms with Crippen LogP contribution in [-0.2, 0) is 6.54 Å². The highest BCUT2D eigenvalue weighted by Crippen LogP contribution is 2.26. The fraction of sp³-hybridized carbons (Fsp3) is 0.438. The summed E-state index contributed by atoms with van der Waals surface area (Å²) in [4.78, 5) is 14.3. The molecule has 2 unspecified atom stereocenters. The second-order valence-corrected chi connectivity index (χ2v) is 7.01. The minimum Gasteiger partial charge on any atom is -0.395 e. The highest BCUT2D eigenvalue weighted by molar-refractivity contribution is 7.13. The summed E-state index contributed by atoms with van der Waals surface area (Å²) in [6, 6.07) is 5.68. The molecule has 1 saturated heterocycles. The van der Waals surface area contributed by atoms with Gasteiger partial charge in [0.15, 0.2) is 0 Å². The van der Waals surface area contributed by atoms with Crippen LogP contribution in [0.4, 0.5) is 10.1 Å². The number of hydrogen-bond acceptors (Lipinski definition) is 6. The topological polar surface area (TPSA) is 78.4 Å². The lowest BCUT2D eigenvalue weighted by Crippen LogP contribution is -2.34. The first-order chi connectivity index (χ1) is 11.6. The quantitative estimate of drug-likeness (QED) is 0.864. The van der Waals surface area contributed by atoms with Crippen LogP contribution < -0.4 is 5.32 Å². The molecule has 1 aliphatic heterocycles. The van der Waals surface area contributed by atoms with Crippen molar-refractivity contribution in [2.24, 2.45) is 5.92 Å². The maximum Gasteiger partial charge on any atom is 0.286 e. The summed E-state index contributed by atoms with van der Waals surface area (Å²) in [7, 11) is 0. The van der Waals surface area contributed by atoms with Gasteiger partial charge in [-0.25, -0.2) is 4.39 Å². The van der Waals surface area contributed by atoms with Crippen LogP contribution in [0.15, 0.2) is 24.3 Å². The van der Waals surface area contributed by atoms with Crippen molar-refractivity contribution >= 4 is 22.9 Å². The average molecular weight is 350 g/mol. The summed E-state index contributed by atoms with van der Waals surface area (Å²) in [5.41, 5.74) is 0.506. The van der Waals surface area contributed by atoms with Gasteiger partial charge in [0, 0.05) is 11.7 Å². The second-order valence-electron chi connectivity index (χ2n) is 5.95. The Bertz CT molecular complexity index is 706. The van der Waals surface area contributed by atoms with Crippen molar-refractivity contribution in [1.82, 2.24) is 15.1 Å². The van der Waals surface area contributed by atoms with E-state index in [4.69, 9.17) is 0 Å². The number of rotatable bonds is 5. The van der Waals surface area contributed by atoms with Crippen molar-refractivity contribution in [3.05, 3.63) is 40.1 Å². The van der Waals surface area contributed by atoms with Crippen molar-refractivity contribution in [1.29, 1.82) is 0 Å². The average Bonchev–Trinajstić information content (AvgIpc) is 3.17. The number of halogens is 1. The molecule has 0 aliphatic carbocycles. The molecule has 1 amide bonds. The van der Waals surface area contributed by atoms with Crippen molar-refractivity contribution in [3.63, 3.8) is 0 Å². The molecular weight excluding hydrogens is 331 g/mol. The number of nitrogens with one attached hydrogen (secondary N) is 1. The van der Waals surface area contributed by atoms with E-state index in [9.17, 15) is 14.3 Å². The molecule has 0 radical (unpaired) electrons. The molecule has 1 aromatic heterocycles. The van der Waals surface area contributed by atoms with E-state index in [0.717, 1.165) is 18.0 Å². The number of carbonyl (C=O) groups is 1. The van der Waals surface area contributed by atoms with E-state index < -0.39 is 0 Å². The van der Waals surface area contributed by atoms with Gasteiger partial charge in [0.1, 0.15) is 10.8 Å². The number of anilines is 1. The molecule has 0 bridgehead atoms. The number of likely N-dealkylation sites (tertiary alicyclic amines) is 1. The Hall–Kier alpha value is -1.90. The number of hydrogen-bond donors (Lipinski definition) is 2. The van der Waals surface area contributed by atoms with Crippen LogP contribution in [0.25, 0.3) is 0 Å². The SMILES string of the molecule is CC1CCN(Cc2nnc(C(=O)Nc3ccc(F)cc3)s2)C1CO. The Morgan fingerprint density at radius 2 is 2.17 bits per heavy atom. The van der Waals surface area contributed by atoms with Gasteiger partial charge in [0.25, 0.3) is 5.91 Å². The highest BCUT2D eigenvalue weighted by Gasteiger charge is 2.31. The summed E-state index contributed by atoms with van der Waals surface area (Å²) in [6.07, 6.45) is 1.04. The van der Waals surface area contributed by atoms with Gasteiger partial charge in [-0.1, -0.05) is 18.3 Å². The lowest BCUT2D eigenvalue weighted by atomic mass is 10.0. The summed E-state index contributed by atoms with van der Waals surface area (Å²) >= 11 is 1.23. The third-order valence-corrected chi connectivity index (χ3v) is 5.19. The van der Waals surface area contributed by atoms with Gasteiger partial charge >= 0.3 is 0 Å². The van der Waals surface area contributed by atoms with Crippen LogP contribution in [0, 0.1) is 11.7 Å². The predicted molar refractivity (Wildman–Crippen MR) is 89.3 cm³/mol. The van der Waals surface area contributed by atoms with Gasteiger partial charge in [0.2, 0.25) is 5.01 Å². The summed E-state index contributed by atoms with van der Waals surface area (Å²) in [5, 5.41) is 21.2. The van der Waals surface area contributed by atoms with Crippen molar-refractivity contribution in [3.8, 4) is 0 Å². The fourth-order valence-electron chi connectivity index (χ4n) is 2.88. The number of aliphatic hydroxyl groups is 1. The van der Waals surface area contributed by atoms with Crippen molar-refractivity contribution < 1.29 is 14.3 Å². The number of benzene rings is 1. The number of aliphatic hydroxyl groups excluding tert-OH is 1. The zero-order chi connectivity index (χ0) is 17.1. The van der Waals surface area contributed by atoms with Crippen LogP contribution in [-0.4, -0.2) is 45.3 Å². The first kappa shape index (κ1) is 16.9. The fourth-order valence-corrected chi connectivity index (χ4v) is 3.64. The lowest BCUT2D eigenvalue weighted by molar-refractivity contribution is 0.102. The van der Waals surface area contributed by atoms with Gasteiger partial charge in [-0.15, -0.1) is 10.2 Å². The minimum atomic E-state index is -0.362. The monoisotopic (exact) mass is 350 g/mol. The van der Waals surface area contributed by atoms with E-state index in [1.807, 2.05) is 0 Å². The molecule has 2 heterocycles. The van der Waals surface area contributed by atoms with Crippen LogP contribution in [0.3, 0.4) is 0 Å². The molecule has 6 nitrogen and oxygen atoms in total. The molecule has 24 heavy (non-hydrogen) atoms. The molecule has 0 saturated carbocycles. The van der Waals surface area contributed by atoms with Gasteiger partial charge < -0.3 is 10.4 Å². The first-order valence-corrected chi connectivity index (χ1v) is 8.62. The molecule has 128 valence electrons. The minimum absolute atomic E-state index is 0.123. The first-order valence-electron chi connectivity index (χ1n) is 7.81. The van der Waals surface area contributed by atoms with E-state index in [2.05, 4.69) is 27.3 Å². The Morgan fingerprint density at radius 1 is 1.42 bits per heavy atom. The Balaban J connectivity index is 1.62. The van der Waals surface area contributed by atoms with Crippen molar-refractivity contribution in [2.75, 3.05) is 18.5 Å². The highest BCUT2D eigenvalue weighted by atomic mass is 32.1. The normalized spacial score (nSPS) is 21.1. The Morgan fingerprint density at radius 3 is 2.88 bits per heavy atom. The van der Waals surface area contributed by atoms with E-state index in [-0.39, 0.29) is 29.4 Å². The molecule has 1 aliphatic rings. The number of nitrogens with zero attached hydrogens (tertiary/aromatic N) is 3. The van der Waals surface area contributed by atoms with E-state index in [0.29, 0.717) is 18.2 Å². The maximum atomic E-state index is 12.9. The zero-order valence-corrected chi connectivity index (χ0v) is 14.1. The van der Waals surface area contributed by atoms with Gasteiger partial charge in [-0.05, 0) is 43.1 Å². The van der Waals surface area contributed by atoms with Gasteiger partial charge in [-0.2, -0.15) is 0 Å². The summed E-state index contributed by atoms with van der Waals surface area (Å²) in [5.74, 6) is -0.271. The standard InChI is InChI=1S/C16H19FN4O2S/c1-10-6-7-21(13(10)9-22)8-14-19-20-16(24-14)15(23)18-12-4-2-11(17)3-5-12/h2-5,10,13,22H,6-9H2,1H3,(H,18,23). The van der Waals surface area contributed by atoms with Crippen molar-refractivity contribution in [2.45, 2.75) is 25.9 Å². The van der Waals surface area contributed by atoms with Gasteiger partial charge in [-0.3, -0.25) is 9.69 Å². The van der Waals surface area contributed by atoms with Crippen LogP contribution in [0.1, 0.15) is 28.2 Å². The van der Waals surface area contributed by atoms with Gasteiger partial charge in [0.05, 0.1) is 13.2 Å². The third kappa shape index (κ3) is 3.77. The number of aromatic nitrogens is 2. The molecule has 1 fully saturated rings. The largest absolute Gasteiger partial charge is 0.395 e. The molecule has 2 atom stereocenters. The van der Waals surface area contributed by atoms with E-state index in [1.54, 1.807) is 0 Å².